The molecule has 8 nitrogen and oxygen atoms in total. The van der Waals surface area contributed by atoms with Crippen molar-refractivity contribution in [2.75, 3.05) is 42.9 Å². The average Bonchev–Trinajstić information content (AvgIpc) is 2.74. The number of aromatic carboxylic acids is 1. The van der Waals surface area contributed by atoms with Crippen LogP contribution in [0.3, 0.4) is 0 Å². The van der Waals surface area contributed by atoms with Crippen LogP contribution in [-0.4, -0.2) is 66.6 Å². The molecular formula is C23H27ClN4O4. The van der Waals surface area contributed by atoms with E-state index in [0.717, 1.165) is 5.69 Å². The van der Waals surface area contributed by atoms with Gasteiger partial charge >= 0.3 is 5.97 Å². The number of amides is 2. The standard InChI is InChI=1S/C23H27ClN4O4/c1-15(2)25-21(29)14-27-9-11-28(12-10-27)18-7-8-20(19(13-18)23(31)32)26-22(30)16-3-5-17(24)6-4-16/h3-8,13,15H,9-12,14H2,1-2H3,(H,25,29)(H,26,30)(H,31,32). The van der Waals surface area contributed by atoms with E-state index in [1.165, 1.54) is 0 Å². The Labute approximate surface area is 192 Å². The van der Waals surface area contributed by atoms with Crippen molar-refractivity contribution in [3.05, 3.63) is 58.6 Å². The number of halogens is 1. The third-order valence-electron chi connectivity index (χ3n) is 5.14. The topological polar surface area (TPSA) is 102 Å². The highest BCUT2D eigenvalue weighted by atomic mass is 35.5. The van der Waals surface area contributed by atoms with Crippen LogP contribution in [0, 0.1) is 0 Å². The van der Waals surface area contributed by atoms with E-state index in [4.69, 9.17) is 11.6 Å². The van der Waals surface area contributed by atoms with Crippen LogP contribution >= 0.6 is 11.6 Å². The van der Waals surface area contributed by atoms with Crippen LogP contribution in [0.15, 0.2) is 42.5 Å². The monoisotopic (exact) mass is 458 g/mol. The first kappa shape index (κ1) is 23.6. The Morgan fingerprint density at radius 2 is 1.69 bits per heavy atom. The molecule has 0 saturated carbocycles. The zero-order valence-corrected chi connectivity index (χ0v) is 18.9. The molecule has 0 spiro atoms. The lowest BCUT2D eigenvalue weighted by atomic mass is 10.1. The maximum absolute atomic E-state index is 12.5. The fraction of sp³-hybridized carbons (Fsp3) is 0.348. The smallest absolute Gasteiger partial charge is 0.337 e. The van der Waals surface area contributed by atoms with Gasteiger partial charge in [0.2, 0.25) is 5.91 Å². The van der Waals surface area contributed by atoms with Crippen molar-refractivity contribution in [2.24, 2.45) is 0 Å². The molecule has 1 aliphatic heterocycles. The number of hydrogen-bond acceptors (Lipinski definition) is 5. The molecule has 2 amide bonds. The Morgan fingerprint density at radius 1 is 1.03 bits per heavy atom. The number of nitrogens with zero attached hydrogens (tertiary/aromatic N) is 2. The molecule has 9 heteroatoms. The highest BCUT2D eigenvalue weighted by molar-refractivity contribution is 6.30. The Morgan fingerprint density at radius 3 is 2.28 bits per heavy atom. The van der Waals surface area contributed by atoms with Crippen LogP contribution in [-0.2, 0) is 4.79 Å². The summed E-state index contributed by atoms with van der Waals surface area (Å²) >= 11 is 5.85. The molecule has 2 aromatic carbocycles. The summed E-state index contributed by atoms with van der Waals surface area (Å²) < 4.78 is 0. The summed E-state index contributed by atoms with van der Waals surface area (Å²) in [6.07, 6.45) is 0. The second-order valence-electron chi connectivity index (χ2n) is 7.98. The predicted molar refractivity (Wildman–Crippen MR) is 125 cm³/mol. The van der Waals surface area contributed by atoms with E-state index in [1.807, 2.05) is 13.8 Å². The predicted octanol–water partition coefficient (Wildman–Crippen LogP) is 2.94. The highest BCUT2D eigenvalue weighted by Gasteiger charge is 2.22. The van der Waals surface area contributed by atoms with Gasteiger partial charge in [-0.1, -0.05) is 11.6 Å². The highest BCUT2D eigenvalue weighted by Crippen LogP contribution is 2.25. The molecule has 3 N–H and O–H groups in total. The van der Waals surface area contributed by atoms with Crippen molar-refractivity contribution in [1.82, 2.24) is 10.2 Å². The largest absolute Gasteiger partial charge is 0.478 e. The number of carboxylic acids is 1. The number of nitrogens with one attached hydrogen (secondary N) is 2. The van der Waals surface area contributed by atoms with E-state index in [0.29, 0.717) is 43.3 Å². The Kier molecular flexibility index (Phi) is 7.71. The molecule has 0 radical (unpaired) electrons. The molecule has 0 unspecified atom stereocenters. The van der Waals surface area contributed by atoms with Gasteiger partial charge in [-0.25, -0.2) is 4.79 Å². The Bertz CT molecular complexity index is 986. The van der Waals surface area contributed by atoms with E-state index < -0.39 is 11.9 Å². The second kappa shape index (κ2) is 10.5. The van der Waals surface area contributed by atoms with Crippen LogP contribution in [0.25, 0.3) is 0 Å². The van der Waals surface area contributed by atoms with Gasteiger partial charge < -0.3 is 20.6 Å². The number of hydrogen-bond donors (Lipinski definition) is 3. The van der Waals surface area contributed by atoms with Gasteiger partial charge in [-0.2, -0.15) is 0 Å². The average molecular weight is 459 g/mol. The third-order valence-corrected chi connectivity index (χ3v) is 5.39. The fourth-order valence-electron chi connectivity index (χ4n) is 3.55. The Balaban J connectivity index is 1.66. The second-order valence-corrected chi connectivity index (χ2v) is 8.42. The van der Waals surface area contributed by atoms with Gasteiger partial charge in [0, 0.05) is 48.5 Å². The molecule has 0 bridgehead atoms. The SMILES string of the molecule is CC(C)NC(=O)CN1CCN(c2ccc(NC(=O)c3ccc(Cl)cc3)c(C(=O)O)c2)CC1. The summed E-state index contributed by atoms with van der Waals surface area (Å²) in [5.74, 6) is -1.53. The normalized spacial score (nSPS) is 14.3. The molecule has 0 aliphatic carbocycles. The molecule has 1 aliphatic rings. The maximum Gasteiger partial charge on any atom is 0.337 e. The molecule has 2 aromatic rings. The van der Waals surface area contributed by atoms with Gasteiger partial charge in [0.25, 0.3) is 5.91 Å². The maximum atomic E-state index is 12.5. The summed E-state index contributed by atoms with van der Waals surface area (Å²) in [4.78, 5) is 40.4. The summed E-state index contributed by atoms with van der Waals surface area (Å²) in [5, 5.41) is 15.7. The number of piperazine rings is 1. The van der Waals surface area contributed by atoms with Crippen LogP contribution < -0.4 is 15.5 Å². The van der Waals surface area contributed by atoms with Gasteiger partial charge in [0.05, 0.1) is 17.8 Å². The first-order valence-corrected chi connectivity index (χ1v) is 10.8. The van der Waals surface area contributed by atoms with Crippen LogP contribution in [0.5, 0.6) is 0 Å². The van der Waals surface area contributed by atoms with E-state index in [9.17, 15) is 19.5 Å². The lowest BCUT2D eigenvalue weighted by Crippen LogP contribution is -2.50. The number of carbonyl (C=O) groups is 3. The molecule has 170 valence electrons. The van der Waals surface area contributed by atoms with Crippen molar-refractivity contribution >= 4 is 40.8 Å². The molecule has 0 aromatic heterocycles. The minimum atomic E-state index is -1.12. The number of carboxylic acid groups (broad SMARTS) is 1. The number of rotatable bonds is 7. The van der Waals surface area contributed by atoms with Gasteiger partial charge in [-0.05, 0) is 56.3 Å². The quantitative estimate of drug-likeness (QED) is 0.589. The van der Waals surface area contributed by atoms with Crippen LogP contribution in [0.4, 0.5) is 11.4 Å². The molecule has 32 heavy (non-hydrogen) atoms. The van der Waals surface area contributed by atoms with E-state index in [-0.39, 0.29) is 23.2 Å². The summed E-state index contributed by atoms with van der Waals surface area (Å²) in [6.45, 7) is 6.94. The summed E-state index contributed by atoms with van der Waals surface area (Å²) in [7, 11) is 0. The molecule has 1 saturated heterocycles. The van der Waals surface area contributed by atoms with Gasteiger partial charge in [-0.3, -0.25) is 14.5 Å². The van der Waals surface area contributed by atoms with Crippen molar-refractivity contribution in [3.8, 4) is 0 Å². The van der Waals surface area contributed by atoms with E-state index >= 15 is 0 Å². The van der Waals surface area contributed by atoms with Crippen LogP contribution in [0.1, 0.15) is 34.6 Å². The fourth-order valence-corrected chi connectivity index (χ4v) is 3.67. The van der Waals surface area contributed by atoms with Crippen molar-refractivity contribution in [1.29, 1.82) is 0 Å². The first-order chi connectivity index (χ1) is 15.2. The molecule has 0 atom stereocenters. The molecule has 1 fully saturated rings. The van der Waals surface area contributed by atoms with Crippen molar-refractivity contribution < 1.29 is 19.5 Å². The third kappa shape index (κ3) is 6.21. The van der Waals surface area contributed by atoms with E-state index in [2.05, 4.69) is 20.4 Å². The summed E-state index contributed by atoms with van der Waals surface area (Å²) in [5.41, 5.74) is 1.39. The van der Waals surface area contributed by atoms with Crippen molar-refractivity contribution in [3.63, 3.8) is 0 Å². The molecule has 1 heterocycles. The first-order valence-electron chi connectivity index (χ1n) is 10.4. The minimum absolute atomic E-state index is 0.00222. The van der Waals surface area contributed by atoms with Crippen molar-refractivity contribution in [2.45, 2.75) is 19.9 Å². The van der Waals surface area contributed by atoms with Gasteiger partial charge in [-0.15, -0.1) is 0 Å². The lowest BCUT2D eigenvalue weighted by Gasteiger charge is -2.36. The lowest BCUT2D eigenvalue weighted by molar-refractivity contribution is -0.122. The Hall–Kier alpha value is -3.10. The minimum Gasteiger partial charge on any atom is -0.478 e. The molecular weight excluding hydrogens is 432 g/mol. The number of carbonyl (C=O) groups excluding carboxylic acids is 2. The zero-order valence-electron chi connectivity index (χ0n) is 18.1. The molecule has 3 rings (SSSR count). The number of benzene rings is 2. The van der Waals surface area contributed by atoms with Gasteiger partial charge in [0.1, 0.15) is 0 Å². The number of anilines is 2. The van der Waals surface area contributed by atoms with E-state index in [1.54, 1.807) is 42.5 Å². The van der Waals surface area contributed by atoms with Gasteiger partial charge in [0.15, 0.2) is 0 Å². The zero-order chi connectivity index (χ0) is 23.3. The van der Waals surface area contributed by atoms with Crippen LogP contribution in [0.2, 0.25) is 5.02 Å². The summed E-state index contributed by atoms with van der Waals surface area (Å²) in [6, 6.07) is 11.4.